The molecule has 1 N–H and O–H groups in total. The third-order valence-corrected chi connectivity index (χ3v) is 3.95. The molecule has 1 fully saturated rings. The minimum absolute atomic E-state index is 0.267. The smallest absolute Gasteiger partial charge is 0.273 e. The molecule has 23 heavy (non-hydrogen) atoms. The van der Waals surface area contributed by atoms with Crippen molar-refractivity contribution in [3.63, 3.8) is 0 Å². The van der Waals surface area contributed by atoms with Gasteiger partial charge in [0.1, 0.15) is 11.9 Å². The fraction of sp³-hybridized carbons (Fsp3) is 0.500. The van der Waals surface area contributed by atoms with E-state index in [0.717, 1.165) is 31.4 Å². The molecule has 122 valence electrons. The maximum absolute atomic E-state index is 11.9. The second-order valence-corrected chi connectivity index (χ2v) is 5.89. The summed E-state index contributed by atoms with van der Waals surface area (Å²) in [5, 5.41) is 2.76. The number of ether oxygens (including phenoxy) is 1. The Kier molecular flexibility index (Phi) is 4.38. The van der Waals surface area contributed by atoms with Crippen molar-refractivity contribution in [3.05, 3.63) is 41.6 Å². The summed E-state index contributed by atoms with van der Waals surface area (Å²) in [6, 6.07) is 0. The molecule has 3 rings (SSSR count). The van der Waals surface area contributed by atoms with Gasteiger partial charge in [-0.1, -0.05) is 0 Å². The Labute approximate surface area is 134 Å². The average molecular weight is 316 g/mol. The quantitative estimate of drug-likeness (QED) is 0.929. The molecule has 2 aromatic heterocycles. The zero-order valence-electron chi connectivity index (χ0n) is 13.3. The van der Waals surface area contributed by atoms with E-state index in [1.54, 1.807) is 19.3 Å². The van der Waals surface area contributed by atoms with Crippen LogP contribution in [0.1, 0.15) is 54.0 Å². The van der Waals surface area contributed by atoms with E-state index in [1.165, 1.54) is 6.26 Å². The monoisotopic (exact) mass is 316 g/mol. The second kappa shape index (κ2) is 6.45. The first kappa shape index (κ1) is 15.6. The molecule has 0 bridgehead atoms. The van der Waals surface area contributed by atoms with E-state index in [-0.39, 0.29) is 11.6 Å². The van der Waals surface area contributed by atoms with Gasteiger partial charge in [-0.3, -0.25) is 4.79 Å². The van der Waals surface area contributed by atoms with Gasteiger partial charge in [-0.2, -0.15) is 0 Å². The topological polar surface area (TPSA) is 90.1 Å². The highest BCUT2D eigenvalue weighted by Crippen LogP contribution is 2.32. The van der Waals surface area contributed by atoms with E-state index < -0.39 is 5.60 Å². The van der Waals surface area contributed by atoms with Crippen LogP contribution in [-0.4, -0.2) is 27.5 Å². The molecule has 1 aliphatic rings. The highest BCUT2D eigenvalue weighted by molar-refractivity contribution is 5.91. The molecule has 0 aromatic carbocycles. The molecule has 0 spiro atoms. The third kappa shape index (κ3) is 3.56. The molecule has 1 unspecified atom stereocenters. The Balaban J connectivity index is 1.60. The van der Waals surface area contributed by atoms with Crippen LogP contribution in [0.3, 0.4) is 0 Å². The zero-order valence-corrected chi connectivity index (χ0v) is 13.3. The van der Waals surface area contributed by atoms with E-state index in [2.05, 4.69) is 20.3 Å². The molecule has 0 radical (unpaired) electrons. The van der Waals surface area contributed by atoms with Crippen LogP contribution >= 0.6 is 0 Å². The number of nitrogens with zero attached hydrogens (tertiary/aromatic N) is 3. The van der Waals surface area contributed by atoms with Crippen LogP contribution in [0.25, 0.3) is 0 Å². The lowest BCUT2D eigenvalue weighted by Gasteiger charge is -2.32. The third-order valence-electron chi connectivity index (χ3n) is 3.95. The van der Waals surface area contributed by atoms with Gasteiger partial charge in [0.25, 0.3) is 5.91 Å². The van der Waals surface area contributed by atoms with Crippen molar-refractivity contribution in [1.82, 2.24) is 20.3 Å². The predicted molar refractivity (Wildman–Crippen MR) is 81.6 cm³/mol. The van der Waals surface area contributed by atoms with Crippen LogP contribution < -0.4 is 5.32 Å². The standard InChI is InChI=1S/C16H20N4O3/c1-11-20-13(10-22-11)14(21)17-7-12-8-18-15(19-9-12)16(2)5-3-4-6-23-16/h8-10H,3-7H2,1-2H3,(H,17,21). The molecule has 0 saturated carbocycles. The summed E-state index contributed by atoms with van der Waals surface area (Å²) in [7, 11) is 0. The molecule has 7 nitrogen and oxygen atoms in total. The van der Waals surface area contributed by atoms with Gasteiger partial charge in [0.05, 0.1) is 0 Å². The van der Waals surface area contributed by atoms with Crippen molar-refractivity contribution in [1.29, 1.82) is 0 Å². The molecule has 3 heterocycles. The van der Waals surface area contributed by atoms with Crippen molar-refractivity contribution >= 4 is 5.91 Å². The van der Waals surface area contributed by atoms with Crippen molar-refractivity contribution in [2.75, 3.05) is 6.61 Å². The minimum Gasteiger partial charge on any atom is -0.448 e. The van der Waals surface area contributed by atoms with Gasteiger partial charge < -0.3 is 14.5 Å². The van der Waals surface area contributed by atoms with Crippen LogP contribution in [0.4, 0.5) is 0 Å². The van der Waals surface area contributed by atoms with E-state index in [0.29, 0.717) is 18.3 Å². The highest BCUT2D eigenvalue weighted by Gasteiger charge is 2.32. The SMILES string of the molecule is Cc1nc(C(=O)NCc2cnc(C3(C)CCCCO3)nc2)co1. The summed E-state index contributed by atoms with van der Waals surface area (Å²) in [6.07, 6.45) is 7.91. The largest absolute Gasteiger partial charge is 0.448 e. The van der Waals surface area contributed by atoms with Gasteiger partial charge in [0.2, 0.25) is 0 Å². The van der Waals surface area contributed by atoms with Crippen molar-refractivity contribution in [2.24, 2.45) is 0 Å². The van der Waals surface area contributed by atoms with E-state index in [9.17, 15) is 4.79 Å². The zero-order chi connectivity index (χ0) is 16.3. The maximum Gasteiger partial charge on any atom is 0.273 e. The fourth-order valence-electron chi connectivity index (χ4n) is 2.57. The minimum atomic E-state index is -0.404. The Morgan fingerprint density at radius 3 is 2.74 bits per heavy atom. The number of oxazole rings is 1. The maximum atomic E-state index is 11.9. The first-order valence-corrected chi connectivity index (χ1v) is 7.72. The number of aryl methyl sites for hydroxylation is 1. The number of carbonyl (C=O) groups is 1. The van der Waals surface area contributed by atoms with Gasteiger partial charge in [0, 0.05) is 38.0 Å². The molecule has 2 aromatic rings. The summed E-state index contributed by atoms with van der Waals surface area (Å²) >= 11 is 0. The number of hydrogen-bond donors (Lipinski definition) is 1. The summed E-state index contributed by atoms with van der Waals surface area (Å²) in [5.74, 6) is 0.872. The molecule has 0 aliphatic carbocycles. The number of hydrogen-bond acceptors (Lipinski definition) is 6. The average Bonchev–Trinajstić information content (AvgIpc) is 3.00. The second-order valence-electron chi connectivity index (χ2n) is 5.89. The Hall–Kier alpha value is -2.28. The van der Waals surface area contributed by atoms with Crippen LogP contribution in [0.2, 0.25) is 0 Å². The molecule has 1 amide bonds. The van der Waals surface area contributed by atoms with Gasteiger partial charge in [-0.15, -0.1) is 0 Å². The lowest BCUT2D eigenvalue weighted by molar-refractivity contribution is -0.0760. The lowest BCUT2D eigenvalue weighted by Crippen LogP contribution is -2.32. The molecule has 7 heteroatoms. The van der Waals surface area contributed by atoms with Crippen molar-refractivity contribution < 1.29 is 13.9 Å². The molecule has 1 aliphatic heterocycles. The molecular formula is C16H20N4O3. The van der Waals surface area contributed by atoms with Gasteiger partial charge in [-0.25, -0.2) is 15.0 Å². The summed E-state index contributed by atoms with van der Waals surface area (Å²) in [4.78, 5) is 24.7. The fourth-order valence-corrected chi connectivity index (χ4v) is 2.57. The van der Waals surface area contributed by atoms with E-state index >= 15 is 0 Å². The van der Waals surface area contributed by atoms with Crippen molar-refractivity contribution in [3.8, 4) is 0 Å². The Bertz CT molecular complexity index is 675. The number of nitrogens with one attached hydrogen (secondary N) is 1. The first-order valence-electron chi connectivity index (χ1n) is 7.72. The summed E-state index contributed by atoms with van der Waals surface area (Å²) < 4.78 is 10.9. The molecular weight excluding hydrogens is 296 g/mol. The number of amides is 1. The molecule has 1 atom stereocenters. The number of aromatic nitrogens is 3. The lowest BCUT2D eigenvalue weighted by atomic mass is 9.95. The van der Waals surface area contributed by atoms with Crippen LogP contribution in [0.15, 0.2) is 23.1 Å². The number of carbonyl (C=O) groups excluding carboxylic acids is 1. The summed E-state index contributed by atoms with van der Waals surface area (Å²) in [6.45, 7) is 4.80. The van der Waals surface area contributed by atoms with Crippen LogP contribution in [0.5, 0.6) is 0 Å². The van der Waals surface area contributed by atoms with Crippen LogP contribution in [-0.2, 0) is 16.9 Å². The van der Waals surface area contributed by atoms with Crippen LogP contribution in [0, 0.1) is 6.92 Å². The van der Waals surface area contributed by atoms with Gasteiger partial charge in [-0.05, 0) is 26.2 Å². The first-order chi connectivity index (χ1) is 11.1. The molecule has 1 saturated heterocycles. The van der Waals surface area contributed by atoms with Gasteiger partial charge in [0.15, 0.2) is 17.4 Å². The Morgan fingerprint density at radius 2 is 2.13 bits per heavy atom. The van der Waals surface area contributed by atoms with E-state index in [4.69, 9.17) is 9.15 Å². The van der Waals surface area contributed by atoms with E-state index in [1.807, 2.05) is 6.92 Å². The Morgan fingerprint density at radius 1 is 1.35 bits per heavy atom. The normalized spacial score (nSPS) is 21.1. The van der Waals surface area contributed by atoms with Gasteiger partial charge >= 0.3 is 0 Å². The summed E-state index contributed by atoms with van der Waals surface area (Å²) in [5.41, 5.74) is 0.683. The highest BCUT2D eigenvalue weighted by atomic mass is 16.5. The van der Waals surface area contributed by atoms with Crippen molar-refractivity contribution in [2.45, 2.75) is 45.3 Å². The predicted octanol–water partition coefficient (Wildman–Crippen LogP) is 2.12. The number of rotatable bonds is 4.